The van der Waals surface area contributed by atoms with Gasteiger partial charge < -0.3 is 49.2 Å². The molecule has 15 aliphatic rings. The fourth-order valence-corrected chi connectivity index (χ4v) is 24.7. The lowest BCUT2D eigenvalue weighted by Crippen LogP contribution is -2.59. The Morgan fingerprint density at radius 3 is 1.24 bits per heavy atom. The third-order valence-electron chi connectivity index (χ3n) is 27.5. The molecule has 1 N–H and O–H groups in total. The fourth-order valence-electron chi connectivity index (χ4n) is 21.2. The van der Waals surface area contributed by atoms with Crippen LogP contribution in [0.3, 0.4) is 0 Å². The van der Waals surface area contributed by atoms with E-state index in [-0.39, 0.29) is 184 Å². The Kier molecular flexibility index (Phi) is 29.6. The quantitative estimate of drug-likeness (QED) is 0.251. The van der Waals surface area contributed by atoms with E-state index in [0.717, 1.165) is 141 Å². The Balaban J connectivity index is 0.000000133. The molecule has 4 spiro atoms. The third kappa shape index (κ3) is 19.0. The second-order valence-corrected chi connectivity index (χ2v) is 39.2. The number of carbonyl (C=O) groups excluding carboxylic acids is 16. The molecule has 125 heavy (non-hydrogen) atoms. The van der Waals surface area contributed by atoms with Gasteiger partial charge in [0.1, 0.15) is 85.9 Å². The predicted octanol–water partition coefficient (Wildman–Crippen LogP) is 4.12. The smallest absolute Gasteiger partial charge is 0.256 e. The summed E-state index contributed by atoms with van der Waals surface area (Å²) in [6.45, 7) is 18.5. The molecule has 15 aliphatic heterocycles. The predicted molar refractivity (Wildman–Crippen MR) is 466 cm³/mol. The van der Waals surface area contributed by atoms with Gasteiger partial charge in [0.15, 0.2) is 5.78 Å². The zero-order valence-corrected chi connectivity index (χ0v) is 75.6. The summed E-state index contributed by atoms with van der Waals surface area (Å²) in [7, 11) is 4.41. The van der Waals surface area contributed by atoms with Crippen molar-refractivity contribution in [1.29, 1.82) is 0 Å². The summed E-state index contributed by atoms with van der Waals surface area (Å²) in [6.07, 6.45) is 15.0. The van der Waals surface area contributed by atoms with Gasteiger partial charge in [-0.15, -0.1) is 11.8 Å². The summed E-state index contributed by atoms with van der Waals surface area (Å²) in [6, 6.07) is 18.2. The van der Waals surface area contributed by atoms with Gasteiger partial charge in [-0.05, 0) is 242 Å². The lowest BCUT2D eigenvalue weighted by molar-refractivity contribution is -0.148. The minimum absolute atomic E-state index is 0.0213. The summed E-state index contributed by atoms with van der Waals surface area (Å²) >= 11 is 1.77. The number of benzene rings is 3. The summed E-state index contributed by atoms with van der Waals surface area (Å²) in [5.74, 6) is 0.273. The van der Waals surface area contributed by atoms with Crippen molar-refractivity contribution in [2.24, 2.45) is 0 Å². The lowest BCUT2D eigenvalue weighted by Gasteiger charge is -2.43. The number of Topliss-reactive ketones (excluding diaryl/α,β-unsaturated/α-hetero) is 7. The van der Waals surface area contributed by atoms with Gasteiger partial charge >= 0.3 is 0 Å². The number of aliphatic hydroxyl groups excluding tert-OH is 1. The summed E-state index contributed by atoms with van der Waals surface area (Å²) in [4.78, 5) is 215. The number of hydrogen-bond donors (Lipinski definition) is 1. The van der Waals surface area contributed by atoms with Crippen molar-refractivity contribution < 1.29 is 90.2 Å². The largest absolute Gasteiger partial charge is 0.391 e. The van der Waals surface area contributed by atoms with Crippen LogP contribution < -0.4 is 14.7 Å². The van der Waals surface area contributed by atoms with Crippen molar-refractivity contribution in [1.82, 2.24) is 53.3 Å². The van der Waals surface area contributed by atoms with E-state index in [2.05, 4.69) is 19.6 Å². The Morgan fingerprint density at radius 1 is 0.408 bits per heavy atom. The highest BCUT2D eigenvalue weighted by Gasteiger charge is 2.61. The number of likely N-dealkylation sites (tertiary alicyclic amines) is 7. The SMILES string of the molecule is CC(=O)CN1C(=O)[C@@H]2CCCN2C(=O)c2ccccc21.CC(=O)CN1C(=O)[C@@H]2CCCN2S(=O)(=O)c2ccccc21.CC(=O)CN1C(=O)[C@@H]2C[C@@H](O)CN2C(=O)c2ccccc21.CC(=O)CN1CCC[C@]2(CCCN2C)C1=O.CC(=O)CN1CC[C@@]2(CCCN2C)C1=O.CC(=O)CN1CC[C@]2(CCCN2C)C1=O.CC(=O)[C@H]1CS[C@@H]2C[C@]3(CCCN3C)C(=O)N12. The minimum atomic E-state index is -3.70. The molecule has 0 unspecified atom stereocenters. The number of nitrogens with zero attached hydrogens (tertiary/aromatic N) is 14. The number of para-hydroxylation sites is 3. The molecule has 12 saturated heterocycles. The summed E-state index contributed by atoms with van der Waals surface area (Å²) in [5.41, 5.74) is 1.10. The van der Waals surface area contributed by atoms with E-state index in [1.165, 1.54) is 64.6 Å². The fraction of sp³-hybridized carbons (Fsp3) is 0.622. The molecule has 18 rings (SSSR count). The standard InChI is InChI=1S/C15H16N2O4.C15H16N2O3.C14H16N2O4S.C12H18N2O2S.C12H20N2O2.2C11H18N2O2/c1-9(18)7-16-12-5-3-2-4-11(12)14(20)17-8-10(19)6-13(17)15(16)21;1-10(18)9-17-12-6-3-2-5-11(12)14(19)16-8-4-7-13(16)15(17)20;1-10(17)9-15-11-5-2-3-7-13(11)21(19,20)16-8-4-6-12(16)14(15)18;1-8(15)9-7-17-10-6-12(11(16)14(9)10)4-3-5-13(12)2;1-10(15)9-14-8-4-6-12(11(14)16)5-3-7-13(12)2;2*1-9(14)8-13-7-5-11(10(13)15)4-3-6-12(11)2/h2-5,10,13,19H,6-8H2,1H3;2-3,5-6,13H,4,7-9H2,1H3;2-3,5,7,12H,4,6,8-9H2,1H3;9-10H,3-7H2,1-2H3;3-9H2,1-2H3;2*3-8H2,1-2H3/t10-,13+;13-;12-;9-,10-,12-;12-;2*11-/m1001110/s1. The molecular weight excluding hydrogens is 1650 g/mol. The van der Waals surface area contributed by atoms with Crippen LogP contribution in [0.5, 0.6) is 0 Å². The molecule has 3 aromatic rings. The van der Waals surface area contributed by atoms with Gasteiger partial charge in [0, 0.05) is 57.9 Å². The maximum atomic E-state index is 12.7. The van der Waals surface area contributed by atoms with Crippen molar-refractivity contribution in [3.63, 3.8) is 0 Å². The number of sulfonamides is 1. The molecule has 9 amide bonds. The van der Waals surface area contributed by atoms with E-state index < -0.39 is 34.3 Å². The molecule has 678 valence electrons. The Morgan fingerprint density at radius 2 is 0.784 bits per heavy atom. The van der Waals surface area contributed by atoms with Gasteiger partial charge in [-0.2, -0.15) is 4.31 Å². The number of carbonyl (C=O) groups is 16. The van der Waals surface area contributed by atoms with Crippen molar-refractivity contribution in [2.75, 3.05) is 153 Å². The number of amides is 9. The Labute approximate surface area is 736 Å². The van der Waals surface area contributed by atoms with Crippen LogP contribution in [0.25, 0.3) is 0 Å². The van der Waals surface area contributed by atoms with Crippen LogP contribution >= 0.6 is 11.8 Å². The Bertz CT molecular complexity index is 4820. The number of likely N-dealkylation sites (N-methyl/N-ethyl adjacent to an activating group) is 4. The number of aliphatic hydroxyl groups is 1. The maximum absolute atomic E-state index is 12.7. The van der Waals surface area contributed by atoms with Crippen molar-refractivity contribution in [3.8, 4) is 0 Å². The van der Waals surface area contributed by atoms with Crippen molar-refractivity contribution >= 4 is 132 Å². The highest BCUT2D eigenvalue weighted by molar-refractivity contribution is 8.00. The molecule has 0 bridgehead atoms. The molecule has 35 heteroatoms. The van der Waals surface area contributed by atoms with Crippen LogP contribution in [0.15, 0.2) is 77.7 Å². The number of fused-ring (bicyclic) bond motifs is 7. The van der Waals surface area contributed by atoms with Crippen LogP contribution in [0.1, 0.15) is 185 Å². The second-order valence-electron chi connectivity index (χ2n) is 36.1. The van der Waals surface area contributed by atoms with Gasteiger partial charge in [0.2, 0.25) is 51.4 Å². The van der Waals surface area contributed by atoms with E-state index in [1.54, 1.807) is 112 Å². The number of anilines is 3. The van der Waals surface area contributed by atoms with E-state index in [4.69, 9.17) is 0 Å². The summed E-state index contributed by atoms with van der Waals surface area (Å²) in [5, 5.41) is 10.0. The molecule has 33 nitrogen and oxygen atoms in total. The zero-order valence-electron chi connectivity index (χ0n) is 74.0. The van der Waals surface area contributed by atoms with E-state index >= 15 is 0 Å². The van der Waals surface area contributed by atoms with Gasteiger partial charge in [-0.25, -0.2) is 8.42 Å². The maximum Gasteiger partial charge on any atom is 0.256 e. The first kappa shape index (κ1) is 94.8. The summed E-state index contributed by atoms with van der Waals surface area (Å²) < 4.78 is 26.8. The average Bonchev–Trinajstić information content (AvgIpc) is 1.57. The van der Waals surface area contributed by atoms with Crippen LogP contribution in [0.2, 0.25) is 0 Å². The first-order valence-electron chi connectivity index (χ1n) is 43.9. The molecule has 0 saturated carbocycles. The molecule has 15 heterocycles. The first-order chi connectivity index (χ1) is 59.2. The van der Waals surface area contributed by atoms with Crippen molar-refractivity contribution in [3.05, 3.63) is 83.9 Å². The molecule has 3 aromatic carbocycles. The number of piperidine rings is 1. The van der Waals surface area contributed by atoms with Crippen LogP contribution in [0.4, 0.5) is 17.1 Å². The van der Waals surface area contributed by atoms with E-state index in [9.17, 15) is 90.2 Å². The number of hydrogen-bond acceptors (Lipinski definition) is 24. The van der Waals surface area contributed by atoms with Gasteiger partial charge in [-0.1, -0.05) is 36.4 Å². The molecule has 0 aromatic heterocycles. The highest BCUT2D eigenvalue weighted by atomic mass is 32.2. The molecular formula is C90H122N14O19S2. The molecule has 12 fully saturated rings. The van der Waals surface area contributed by atoms with Crippen LogP contribution in [-0.2, 0) is 77.1 Å². The number of rotatable bonds is 13. The van der Waals surface area contributed by atoms with Crippen LogP contribution in [-0.4, -0.2) is 357 Å². The molecule has 0 radical (unpaired) electrons. The lowest BCUT2D eigenvalue weighted by atomic mass is 9.85. The topological polar surface area (TPSA) is 373 Å². The number of thioether (sulfide) groups is 1. The van der Waals surface area contributed by atoms with Gasteiger partial charge in [-0.3, -0.25) is 96.3 Å². The molecule has 0 aliphatic carbocycles. The van der Waals surface area contributed by atoms with Crippen molar-refractivity contribution in [2.45, 2.75) is 227 Å². The first-order valence-corrected chi connectivity index (χ1v) is 46.4. The Hall–Kier alpha value is -9.36. The van der Waals surface area contributed by atoms with Gasteiger partial charge in [0.05, 0.1) is 78.9 Å². The average molecular weight is 1770 g/mol. The minimum Gasteiger partial charge on any atom is -0.391 e. The van der Waals surface area contributed by atoms with E-state index in [0.29, 0.717) is 60.5 Å². The van der Waals surface area contributed by atoms with Gasteiger partial charge in [0.25, 0.3) is 11.8 Å². The monoisotopic (exact) mass is 1770 g/mol. The zero-order chi connectivity index (χ0) is 90.7. The highest BCUT2D eigenvalue weighted by Crippen LogP contribution is 2.49. The third-order valence-corrected chi connectivity index (χ3v) is 30.8. The normalized spacial score (nSPS) is 29.0. The van der Waals surface area contributed by atoms with Crippen LogP contribution in [0, 0.1) is 0 Å². The second kappa shape index (κ2) is 39.1. The number of ketones is 7. The van der Waals surface area contributed by atoms with E-state index in [1.807, 2.05) is 33.1 Å². The molecule has 10 atom stereocenters.